The number of hydrogen-bond donors (Lipinski definition) is 2. The molecule has 168 valence electrons. The van der Waals surface area contributed by atoms with Crippen LogP contribution < -0.4 is 5.32 Å². The Morgan fingerprint density at radius 3 is 2.30 bits per heavy atom. The molecule has 5 rings (SSSR count). The van der Waals surface area contributed by atoms with Crippen LogP contribution in [-0.4, -0.2) is 29.3 Å². The number of fused-ring (bicyclic) bond motifs is 4. The highest BCUT2D eigenvalue weighted by atomic mass is 16.5. The van der Waals surface area contributed by atoms with E-state index in [0.29, 0.717) is 12.8 Å². The zero-order valence-corrected chi connectivity index (χ0v) is 18.6. The Bertz CT molecular complexity index is 1190. The molecule has 1 atom stereocenters. The number of carboxylic acid groups (broad SMARTS) is 1. The van der Waals surface area contributed by atoms with E-state index in [2.05, 4.69) is 42.6 Å². The van der Waals surface area contributed by atoms with E-state index in [1.165, 1.54) is 11.1 Å². The Kier molecular flexibility index (Phi) is 5.41. The summed E-state index contributed by atoms with van der Waals surface area (Å²) in [7, 11) is 0. The van der Waals surface area contributed by atoms with E-state index in [1.807, 2.05) is 36.4 Å². The molecule has 5 nitrogen and oxygen atoms in total. The highest BCUT2D eigenvalue weighted by Gasteiger charge is 2.44. The van der Waals surface area contributed by atoms with Crippen molar-refractivity contribution < 1.29 is 19.4 Å². The molecule has 3 aromatic carbocycles. The normalized spacial score (nSPS) is 18.7. The van der Waals surface area contributed by atoms with Crippen LogP contribution in [0.2, 0.25) is 0 Å². The number of rotatable bonds is 5. The summed E-state index contributed by atoms with van der Waals surface area (Å²) in [5.41, 5.74) is 6.64. The van der Waals surface area contributed by atoms with Crippen molar-refractivity contribution >= 4 is 12.1 Å². The predicted octanol–water partition coefficient (Wildman–Crippen LogP) is 5.10. The summed E-state index contributed by atoms with van der Waals surface area (Å²) in [6.45, 7) is 2.26. The van der Waals surface area contributed by atoms with Crippen molar-refractivity contribution in [1.29, 1.82) is 0 Å². The molecule has 2 aliphatic rings. The Hall–Kier alpha value is -3.60. The number of hydrogen-bond acceptors (Lipinski definition) is 3. The number of carbonyl (C=O) groups is 2. The fourth-order valence-electron chi connectivity index (χ4n) is 5.43. The number of benzene rings is 3. The van der Waals surface area contributed by atoms with E-state index in [4.69, 9.17) is 4.74 Å². The second-order valence-corrected chi connectivity index (χ2v) is 8.92. The van der Waals surface area contributed by atoms with Crippen molar-refractivity contribution in [3.05, 3.63) is 94.5 Å². The maximum atomic E-state index is 12.8. The van der Waals surface area contributed by atoms with E-state index >= 15 is 0 Å². The largest absolute Gasteiger partial charge is 0.479 e. The molecule has 3 aromatic rings. The molecular weight excluding hydrogens is 414 g/mol. The van der Waals surface area contributed by atoms with E-state index in [0.717, 1.165) is 34.2 Å². The van der Waals surface area contributed by atoms with E-state index < -0.39 is 17.6 Å². The lowest BCUT2D eigenvalue weighted by atomic mass is 9.76. The first-order valence-corrected chi connectivity index (χ1v) is 11.5. The smallest absolute Gasteiger partial charge is 0.408 e. The summed E-state index contributed by atoms with van der Waals surface area (Å²) in [6.07, 6.45) is 1.44. The number of nitrogens with one attached hydrogen (secondary N) is 1. The summed E-state index contributed by atoms with van der Waals surface area (Å²) in [6, 6.07) is 22.3. The van der Waals surface area contributed by atoms with Crippen LogP contribution in [0.15, 0.2) is 66.7 Å². The van der Waals surface area contributed by atoms with Gasteiger partial charge < -0.3 is 15.2 Å². The van der Waals surface area contributed by atoms with Crippen LogP contribution in [0.4, 0.5) is 4.79 Å². The molecule has 2 N–H and O–H groups in total. The zero-order chi connectivity index (χ0) is 23.0. The zero-order valence-electron chi connectivity index (χ0n) is 18.6. The molecule has 0 spiro atoms. The van der Waals surface area contributed by atoms with E-state index in [9.17, 15) is 14.7 Å². The number of alkyl carbamates (subject to hydrolysis) is 1. The summed E-state index contributed by atoms with van der Waals surface area (Å²) >= 11 is 0. The summed E-state index contributed by atoms with van der Waals surface area (Å²) in [5.74, 6) is -1.09. The van der Waals surface area contributed by atoms with E-state index in [1.54, 1.807) is 0 Å². The maximum Gasteiger partial charge on any atom is 0.408 e. The standard InChI is InChI=1S/C28H27NO4/c1-2-18-8-7-9-19-16-28(26(30)31,15-14-20(18)19)29-27(32)33-17-25-23-12-5-3-10-21(23)22-11-4-6-13-24(22)25/h3-13,25H,2,14-17H2,1H3,(H,29,32)(H,30,31). The first-order chi connectivity index (χ1) is 16.0. The lowest BCUT2D eigenvalue weighted by Crippen LogP contribution is -2.58. The van der Waals surface area contributed by atoms with Crippen molar-refractivity contribution in [2.24, 2.45) is 0 Å². The van der Waals surface area contributed by atoms with Crippen LogP contribution in [0.5, 0.6) is 0 Å². The Labute approximate surface area is 193 Å². The van der Waals surface area contributed by atoms with Gasteiger partial charge >= 0.3 is 12.1 Å². The van der Waals surface area contributed by atoms with Gasteiger partial charge in [-0.15, -0.1) is 0 Å². The van der Waals surface area contributed by atoms with Crippen molar-refractivity contribution in [1.82, 2.24) is 5.32 Å². The van der Waals surface area contributed by atoms with Crippen molar-refractivity contribution in [3.8, 4) is 11.1 Å². The highest BCUT2D eigenvalue weighted by molar-refractivity contribution is 5.85. The molecule has 0 bridgehead atoms. The molecule has 0 heterocycles. The van der Waals surface area contributed by atoms with Crippen molar-refractivity contribution in [3.63, 3.8) is 0 Å². The molecule has 0 saturated heterocycles. The second kappa shape index (κ2) is 8.39. The average Bonchev–Trinajstić information content (AvgIpc) is 3.16. The van der Waals surface area contributed by atoms with Gasteiger partial charge in [0.1, 0.15) is 12.1 Å². The summed E-state index contributed by atoms with van der Waals surface area (Å²) in [4.78, 5) is 25.1. The third kappa shape index (κ3) is 3.67. The predicted molar refractivity (Wildman–Crippen MR) is 126 cm³/mol. The fraction of sp³-hybridized carbons (Fsp3) is 0.286. The molecule has 1 amide bonds. The molecule has 0 aromatic heterocycles. The minimum Gasteiger partial charge on any atom is -0.479 e. The number of ether oxygens (including phenoxy) is 1. The third-order valence-electron chi connectivity index (χ3n) is 7.14. The molecule has 2 aliphatic carbocycles. The Morgan fingerprint density at radius 1 is 1.00 bits per heavy atom. The van der Waals surface area contributed by atoms with Gasteiger partial charge in [-0.3, -0.25) is 0 Å². The lowest BCUT2D eigenvalue weighted by Gasteiger charge is -2.35. The number of carbonyl (C=O) groups excluding carboxylic acids is 1. The van der Waals surface area contributed by atoms with Crippen LogP contribution in [0, 0.1) is 0 Å². The maximum absolute atomic E-state index is 12.8. The second-order valence-electron chi connectivity index (χ2n) is 8.92. The van der Waals surface area contributed by atoms with E-state index in [-0.39, 0.29) is 18.9 Å². The van der Waals surface area contributed by atoms with Crippen LogP contribution in [0.3, 0.4) is 0 Å². The minimum atomic E-state index is -1.36. The molecule has 33 heavy (non-hydrogen) atoms. The van der Waals surface area contributed by atoms with Crippen LogP contribution in [0.1, 0.15) is 47.1 Å². The highest BCUT2D eigenvalue weighted by Crippen LogP contribution is 2.44. The van der Waals surface area contributed by atoms with Gasteiger partial charge in [0, 0.05) is 12.3 Å². The first kappa shape index (κ1) is 21.3. The monoisotopic (exact) mass is 441 g/mol. The minimum absolute atomic E-state index is 0.0666. The van der Waals surface area contributed by atoms with Gasteiger partial charge in [-0.25, -0.2) is 9.59 Å². The third-order valence-corrected chi connectivity index (χ3v) is 7.14. The van der Waals surface area contributed by atoms with Crippen molar-refractivity contribution in [2.45, 2.75) is 44.1 Å². The van der Waals surface area contributed by atoms with Gasteiger partial charge in [-0.2, -0.15) is 0 Å². The SMILES string of the molecule is CCc1cccc2c1CCC(NC(=O)OCC1c3ccccc3-c3ccccc31)(C(=O)O)C2. The van der Waals surface area contributed by atoms with Crippen LogP contribution in [-0.2, 0) is 28.8 Å². The van der Waals surface area contributed by atoms with Gasteiger partial charge in [0.15, 0.2) is 0 Å². The molecule has 5 heteroatoms. The summed E-state index contributed by atoms with van der Waals surface area (Å²) < 4.78 is 5.64. The lowest BCUT2D eigenvalue weighted by molar-refractivity contribution is -0.145. The van der Waals surface area contributed by atoms with Gasteiger partial charge in [-0.05, 0) is 58.2 Å². The van der Waals surface area contributed by atoms with Crippen LogP contribution in [0.25, 0.3) is 11.1 Å². The first-order valence-electron chi connectivity index (χ1n) is 11.5. The van der Waals surface area contributed by atoms with Gasteiger partial charge in [-0.1, -0.05) is 73.7 Å². The molecule has 0 saturated carbocycles. The molecule has 0 fully saturated rings. The van der Waals surface area contributed by atoms with Crippen LogP contribution >= 0.6 is 0 Å². The molecule has 0 aliphatic heterocycles. The number of carboxylic acids is 1. The Balaban J connectivity index is 1.33. The van der Waals surface area contributed by atoms with Crippen molar-refractivity contribution in [2.75, 3.05) is 6.61 Å². The molecular formula is C28H27NO4. The van der Waals surface area contributed by atoms with Gasteiger partial charge in [0.25, 0.3) is 0 Å². The number of aryl methyl sites for hydroxylation is 1. The quantitative estimate of drug-likeness (QED) is 0.578. The summed E-state index contributed by atoms with van der Waals surface area (Å²) in [5, 5.41) is 12.8. The number of aliphatic carboxylic acids is 1. The molecule has 1 unspecified atom stereocenters. The topological polar surface area (TPSA) is 75.6 Å². The fourth-order valence-corrected chi connectivity index (χ4v) is 5.43. The van der Waals surface area contributed by atoms with Gasteiger partial charge in [0.2, 0.25) is 0 Å². The van der Waals surface area contributed by atoms with Gasteiger partial charge in [0.05, 0.1) is 0 Å². The molecule has 0 radical (unpaired) electrons. The average molecular weight is 442 g/mol. The number of amides is 1. The Morgan fingerprint density at radius 2 is 1.67 bits per heavy atom.